The number of sulfonamides is 1. The first kappa shape index (κ1) is 31.9. The summed E-state index contributed by atoms with van der Waals surface area (Å²) in [5.41, 5.74) is 1.89. The third-order valence-corrected chi connectivity index (χ3v) is 10.2. The van der Waals surface area contributed by atoms with Gasteiger partial charge in [0.05, 0.1) is 20.6 Å². The number of carbonyl (C=O) groups excluding carboxylic acids is 2. The molecular weight excluding hydrogens is 593 g/mol. The van der Waals surface area contributed by atoms with Crippen LogP contribution in [0.25, 0.3) is 0 Å². The van der Waals surface area contributed by atoms with Gasteiger partial charge in [0.15, 0.2) is 0 Å². The van der Waals surface area contributed by atoms with Gasteiger partial charge in [-0.3, -0.25) is 13.9 Å². The number of nitrogens with zero attached hydrogens (tertiary/aromatic N) is 2. The topological polar surface area (TPSA) is 86.8 Å². The van der Waals surface area contributed by atoms with Gasteiger partial charge in [-0.1, -0.05) is 92.4 Å². The Morgan fingerprint density at radius 2 is 1.60 bits per heavy atom. The maximum absolute atomic E-state index is 14.3. The second-order valence-corrected chi connectivity index (χ2v) is 13.2. The fraction of sp³-hybridized carbons (Fsp3) is 0.375. The molecule has 0 saturated heterocycles. The minimum Gasteiger partial charge on any atom is -0.352 e. The van der Waals surface area contributed by atoms with E-state index in [0.717, 1.165) is 35.6 Å². The van der Waals surface area contributed by atoms with Gasteiger partial charge in [-0.2, -0.15) is 0 Å². The van der Waals surface area contributed by atoms with Crippen LogP contribution in [0.4, 0.5) is 5.69 Å². The molecule has 42 heavy (non-hydrogen) atoms. The van der Waals surface area contributed by atoms with Gasteiger partial charge in [0.25, 0.3) is 10.0 Å². The standard InChI is InChI=1S/C32H37Cl2N3O4S/c1-3-24-12-8-11-17-30(24)37(42(40,41)26-15-6-5-7-16-26)22-31(38)36(21-23-18-19-27(33)28(34)20-23)29(4-2)32(39)35-25-13-9-10-14-25/h5-8,11-12,15-20,25,29H,3-4,9-10,13-14,21-22H2,1-2H3,(H,35,39)/t29-/m0/s1. The summed E-state index contributed by atoms with van der Waals surface area (Å²) in [7, 11) is -4.13. The molecule has 1 atom stereocenters. The summed E-state index contributed by atoms with van der Waals surface area (Å²) in [6.45, 7) is 3.35. The van der Waals surface area contributed by atoms with Gasteiger partial charge in [0, 0.05) is 12.6 Å². The van der Waals surface area contributed by atoms with E-state index in [9.17, 15) is 18.0 Å². The zero-order chi connectivity index (χ0) is 30.3. The number of nitrogens with one attached hydrogen (secondary N) is 1. The molecular formula is C32H37Cl2N3O4S. The predicted molar refractivity (Wildman–Crippen MR) is 168 cm³/mol. The van der Waals surface area contributed by atoms with Crippen LogP contribution in [0.1, 0.15) is 57.1 Å². The Morgan fingerprint density at radius 3 is 2.24 bits per heavy atom. The molecule has 0 radical (unpaired) electrons. The lowest BCUT2D eigenvalue weighted by Gasteiger charge is -2.34. The van der Waals surface area contributed by atoms with Crippen molar-refractivity contribution < 1.29 is 18.0 Å². The first-order valence-corrected chi connectivity index (χ1v) is 16.5. The third kappa shape index (κ3) is 7.46. The summed E-state index contributed by atoms with van der Waals surface area (Å²) < 4.78 is 29.3. The number of carbonyl (C=O) groups is 2. The van der Waals surface area contributed by atoms with Crippen LogP contribution in [-0.4, -0.2) is 43.8 Å². The van der Waals surface area contributed by atoms with E-state index in [1.54, 1.807) is 48.5 Å². The summed E-state index contributed by atoms with van der Waals surface area (Å²) >= 11 is 12.4. The van der Waals surface area contributed by atoms with Crippen LogP contribution >= 0.6 is 23.2 Å². The SMILES string of the molecule is CCc1ccccc1N(CC(=O)N(Cc1ccc(Cl)c(Cl)c1)[C@@H](CC)C(=O)NC1CCCC1)S(=O)(=O)c1ccccc1. The van der Waals surface area contributed by atoms with E-state index in [0.29, 0.717) is 34.1 Å². The smallest absolute Gasteiger partial charge is 0.264 e. The van der Waals surface area contributed by atoms with Crippen LogP contribution in [0.2, 0.25) is 10.0 Å². The number of aryl methyl sites for hydroxylation is 1. The summed E-state index contributed by atoms with van der Waals surface area (Å²) in [4.78, 5) is 29.4. The lowest BCUT2D eigenvalue weighted by molar-refractivity contribution is -0.140. The number of halogens is 2. The Labute approximate surface area is 258 Å². The molecule has 0 aliphatic heterocycles. The number of hydrogen-bond acceptors (Lipinski definition) is 4. The molecule has 2 amide bonds. The molecule has 224 valence electrons. The monoisotopic (exact) mass is 629 g/mol. The maximum Gasteiger partial charge on any atom is 0.264 e. The van der Waals surface area contributed by atoms with Crippen molar-refractivity contribution in [1.29, 1.82) is 0 Å². The molecule has 1 aliphatic carbocycles. The van der Waals surface area contributed by atoms with Crippen molar-refractivity contribution in [3.63, 3.8) is 0 Å². The van der Waals surface area contributed by atoms with E-state index in [4.69, 9.17) is 23.2 Å². The fourth-order valence-corrected chi connectivity index (χ4v) is 7.20. The summed E-state index contributed by atoms with van der Waals surface area (Å²) in [6.07, 6.45) is 4.83. The number of rotatable bonds is 12. The summed E-state index contributed by atoms with van der Waals surface area (Å²) in [6, 6.07) is 19.5. The number of hydrogen-bond donors (Lipinski definition) is 1. The molecule has 4 rings (SSSR count). The Balaban J connectivity index is 1.74. The van der Waals surface area contributed by atoms with Gasteiger partial charge in [-0.05, 0) is 67.1 Å². The zero-order valence-electron chi connectivity index (χ0n) is 23.9. The molecule has 3 aromatic rings. The van der Waals surface area contributed by atoms with Crippen molar-refractivity contribution in [2.24, 2.45) is 0 Å². The van der Waals surface area contributed by atoms with E-state index in [-0.39, 0.29) is 23.4 Å². The zero-order valence-corrected chi connectivity index (χ0v) is 26.3. The van der Waals surface area contributed by atoms with E-state index >= 15 is 0 Å². The summed E-state index contributed by atoms with van der Waals surface area (Å²) in [5, 5.41) is 3.82. The number of benzene rings is 3. The average Bonchev–Trinajstić information content (AvgIpc) is 3.51. The Kier molecular flexibility index (Phi) is 10.9. The van der Waals surface area contributed by atoms with Crippen molar-refractivity contribution in [3.8, 4) is 0 Å². The second-order valence-electron chi connectivity index (χ2n) is 10.5. The molecule has 1 aliphatic rings. The van der Waals surface area contributed by atoms with E-state index in [2.05, 4.69) is 5.32 Å². The number of para-hydroxylation sites is 1. The molecule has 0 spiro atoms. The predicted octanol–water partition coefficient (Wildman–Crippen LogP) is 6.62. The van der Waals surface area contributed by atoms with Gasteiger partial charge >= 0.3 is 0 Å². The molecule has 10 heteroatoms. The highest BCUT2D eigenvalue weighted by atomic mass is 35.5. The van der Waals surface area contributed by atoms with Crippen molar-refractivity contribution in [2.45, 2.75) is 75.9 Å². The van der Waals surface area contributed by atoms with E-state index < -0.39 is 28.5 Å². The van der Waals surface area contributed by atoms with Crippen molar-refractivity contribution in [1.82, 2.24) is 10.2 Å². The van der Waals surface area contributed by atoms with Crippen LogP contribution in [-0.2, 0) is 32.6 Å². The van der Waals surface area contributed by atoms with Crippen LogP contribution in [0, 0.1) is 0 Å². The quantitative estimate of drug-likeness (QED) is 0.244. The summed E-state index contributed by atoms with van der Waals surface area (Å²) in [5.74, 6) is -0.746. The van der Waals surface area contributed by atoms with E-state index in [1.807, 2.05) is 26.0 Å². The number of amides is 2. The van der Waals surface area contributed by atoms with Gasteiger partial charge in [0.1, 0.15) is 12.6 Å². The molecule has 0 heterocycles. The van der Waals surface area contributed by atoms with Crippen LogP contribution in [0.5, 0.6) is 0 Å². The van der Waals surface area contributed by atoms with Crippen molar-refractivity contribution >= 4 is 50.7 Å². The van der Waals surface area contributed by atoms with Gasteiger partial charge in [0.2, 0.25) is 11.8 Å². The highest BCUT2D eigenvalue weighted by molar-refractivity contribution is 7.92. The molecule has 1 N–H and O–H groups in total. The lowest BCUT2D eigenvalue weighted by atomic mass is 10.1. The second kappa shape index (κ2) is 14.4. The van der Waals surface area contributed by atoms with Crippen LogP contribution in [0.3, 0.4) is 0 Å². The van der Waals surface area contributed by atoms with Crippen LogP contribution in [0.15, 0.2) is 77.7 Å². The normalized spacial score (nSPS) is 14.4. The average molecular weight is 631 g/mol. The van der Waals surface area contributed by atoms with Gasteiger partial charge < -0.3 is 10.2 Å². The molecule has 1 fully saturated rings. The first-order chi connectivity index (χ1) is 20.1. The van der Waals surface area contributed by atoms with Crippen molar-refractivity contribution in [3.05, 3.63) is 94.0 Å². The van der Waals surface area contributed by atoms with E-state index in [1.165, 1.54) is 17.0 Å². The highest BCUT2D eigenvalue weighted by Gasteiger charge is 2.35. The molecule has 1 saturated carbocycles. The first-order valence-electron chi connectivity index (χ1n) is 14.3. The van der Waals surface area contributed by atoms with Gasteiger partial charge in [-0.25, -0.2) is 8.42 Å². The maximum atomic E-state index is 14.3. The fourth-order valence-electron chi connectivity index (χ4n) is 5.41. The number of anilines is 1. The Hall–Kier alpha value is -3.07. The molecule has 0 bridgehead atoms. The van der Waals surface area contributed by atoms with Crippen LogP contribution < -0.4 is 9.62 Å². The molecule has 3 aromatic carbocycles. The minimum atomic E-state index is -4.13. The lowest BCUT2D eigenvalue weighted by Crippen LogP contribution is -2.53. The molecule has 0 aromatic heterocycles. The van der Waals surface area contributed by atoms with Crippen molar-refractivity contribution in [2.75, 3.05) is 10.8 Å². The Bertz CT molecular complexity index is 1490. The molecule has 0 unspecified atom stereocenters. The molecule has 7 nitrogen and oxygen atoms in total. The minimum absolute atomic E-state index is 0.0565. The largest absolute Gasteiger partial charge is 0.352 e. The third-order valence-electron chi connectivity index (χ3n) is 7.68. The van der Waals surface area contributed by atoms with Gasteiger partial charge in [-0.15, -0.1) is 0 Å². The Morgan fingerprint density at radius 1 is 0.929 bits per heavy atom. The highest BCUT2D eigenvalue weighted by Crippen LogP contribution is 2.29.